The van der Waals surface area contributed by atoms with Crippen molar-refractivity contribution in [2.45, 2.75) is 26.5 Å². The monoisotopic (exact) mass is 1040 g/mol. The van der Waals surface area contributed by atoms with Crippen LogP contribution in [0.2, 0.25) is 0 Å². The first kappa shape index (κ1) is 53.9. The van der Waals surface area contributed by atoms with Gasteiger partial charge < -0.3 is 18.9 Å². The molecular formula is C41H24N8Na4O12S4. The largest absolute Gasteiger partial charge is 1.00 e. The fourth-order valence-corrected chi connectivity index (χ4v) is 10.5. The van der Waals surface area contributed by atoms with Crippen LogP contribution < -0.4 is 123 Å². The molecule has 7 aromatic carbocycles. The van der Waals surface area contributed by atoms with Gasteiger partial charge >= 0.3 is 118 Å². The van der Waals surface area contributed by atoms with E-state index in [9.17, 15) is 44.2 Å². The van der Waals surface area contributed by atoms with Gasteiger partial charge in [0.15, 0.2) is 0 Å². The summed E-state index contributed by atoms with van der Waals surface area (Å²) in [6, 6.07) is 30.1. The average molecular weight is 1040 g/mol. The van der Waals surface area contributed by atoms with Gasteiger partial charge in [-0.2, -0.15) is 24.2 Å². The van der Waals surface area contributed by atoms with Crippen molar-refractivity contribution in [2.75, 3.05) is 0 Å². The Kier molecular flexibility index (Phi) is 15.5. The Bertz CT molecular complexity index is 4200. The number of aryl methyl sites for hydroxylation is 1. The zero-order chi connectivity index (χ0) is 45.3. The molecule has 0 aliphatic rings. The summed E-state index contributed by atoms with van der Waals surface area (Å²) >= 11 is 0.732. The minimum atomic E-state index is -5.10. The van der Waals surface area contributed by atoms with E-state index in [1.54, 1.807) is 57.4 Å². The summed E-state index contributed by atoms with van der Waals surface area (Å²) in [5.41, 5.74) is 5.31. The molecule has 11 aromatic rings. The van der Waals surface area contributed by atoms with Gasteiger partial charge in [0.2, 0.25) is 0 Å². The standard InChI is InChI=1S/C41H28N8O12S4.4Na/c1-23-18-28(44-46-35-17-10-26-19-30(63(51,52)53)14-15-31(26)40(35)48(44)46)13-16-34(23)43-42-27-11-8-24(38(20-27)64(54,55)56)6-7-25-9-12-29(21-39(25)65(57,58)59)45-47-36-22-37(62-61-60-50)32-4-2-3-5-33(32)41(36)49(45)47;;;;/h2-22,50H,1H3,(H,51,52,53)(H,54,55,56)(H,57,58,59);;;;/q;4*+1/p-4. The predicted molar refractivity (Wildman–Crippen MR) is 229 cm³/mol. The Balaban J connectivity index is 0.00000176. The molecule has 4 aromatic heterocycles. The third kappa shape index (κ3) is 9.53. The molecule has 0 bridgehead atoms. The van der Waals surface area contributed by atoms with E-state index in [1.807, 2.05) is 50.5 Å². The normalized spacial score (nSPS) is 12.7. The summed E-state index contributed by atoms with van der Waals surface area (Å²) in [6.07, 6.45) is 2.43. The predicted octanol–water partition coefficient (Wildman–Crippen LogP) is -5.69. The van der Waals surface area contributed by atoms with Gasteiger partial charge in [-0.05, 0) is 95.7 Å². The van der Waals surface area contributed by atoms with E-state index in [1.165, 1.54) is 48.6 Å². The number of azo groups is 1. The third-order valence-electron chi connectivity index (χ3n) is 11.1. The van der Waals surface area contributed by atoms with Crippen molar-refractivity contribution in [2.24, 2.45) is 10.2 Å². The summed E-state index contributed by atoms with van der Waals surface area (Å²) < 4.78 is 122. The van der Waals surface area contributed by atoms with E-state index in [0.29, 0.717) is 32.7 Å². The molecule has 0 radical (unpaired) electrons. The Labute approximate surface area is 483 Å². The van der Waals surface area contributed by atoms with E-state index in [4.69, 9.17) is 0 Å². The number of hydrogen-bond acceptors (Lipinski definition) is 15. The van der Waals surface area contributed by atoms with Crippen molar-refractivity contribution in [3.63, 3.8) is 0 Å². The smallest absolute Gasteiger partial charge is 0.744 e. The maximum Gasteiger partial charge on any atom is 1.00 e. The molecule has 0 fully saturated rings. The maximum absolute atomic E-state index is 12.6. The van der Waals surface area contributed by atoms with Crippen LogP contribution >= 0.6 is 12.0 Å². The molecule has 0 amide bonds. The van der Waals surface area contributed by atoms with Crippen molar-refractivity contribution in [3.8, 4) is 11.4 Å². The first-order valence-corrected chi connectivity index (χ1v) is 23.9. The van der Waals surface area contributed by atoms with Gasteiger partial charge in [0.25, 0.3) is 0 Å². The van der Waals surface area contributed by atoms with E-state index < -0.39 is 40.1 Å². The first-order chi connectivity index (χ1) is 31.0. The number of rotatable bonds is 12. The minimum absolute atomic E-state index is 0. The fraction of sp³-hybridized carbons (Fsp3) is 0.0244. The molecule has 69 heavy (non-hydrogen) atoms. The van der Waals surface area contributed by atoms with Gasteiger partial charge in [0, 0.05) is 21.1 Å². The number of nitrogens with zero attached hydrogens (tertiary/aromatic N) is 8. The van der Waals surface area contributed by atoms with Gasteiger partial charge in [-0.15, -0.1) is 18.5 Å². The fourth-order valence-electron chi connectivity index (χ4n) is 8.10. The van der Waals surface area contributed by atoms with Crippen LogP contribution in [0.5, 0.6) is 0 Å². The van der Waals surface area contributed by atoms with Crippen LogP contribution in [0.1, 0.15) is 16.7 Å². The topological polar surface area (TPSA) is 265 Å². The van der Waals surface area contributed by atoms with Crippen molar-refractivity contribution in [1.29, 1.82) is 0 Å². The summed E-state index contributed by atoms with van der Waals surface area (Å²) in [5.74, 6) is 0. The Morgan fingerprint density at radius 2 is 1.16 bits per heavy atom. The molecule has 0 saturated carbocycles. The van der Waals surface area contributed by atoms with Gasteiger partial charge in [-0.3, -0.25) is 5.04 Å². The second-order valence-corrected chi connectivity index (χ2v) is 19.7. The van der Waals surface area contributed by atoms with E-state index in [-0.39, 0.29) is 140 Å². The second-order valence-electron chi connectivity index (χ2n) is 14.9. The molecule has 20 nitrogen and oxygen atoms in total. The molecule has 4 heterocycles. The SMILES string of the molecule is Cc1cc(-n2n3c4ccc5cc(S(=O)(=O)[O-])ccc5c4n23)ccc1N=Nc1ccc(C=Cc2ccc(-n3n4c5cc(SOO[O-])c6ccccc6c5n34)cc2S(=O)(=O)[O-])c(S(=O)(=O)[O-])c1.[Na+].[Na+].[Na+].[Na+]. The Morgan fingerprint density at radius 3 is 1.80 bits per heavy atom. The molecule has 0 N–H and O–H groups in total. The number of hydrogen-bond donors (Lipinski definition) is 0. The van der Waals surface area contributed by atoms with Gasteiger partial charge in [0.1, 0.15) is 52.4 Å². The zero-order valence-electron chi connectivity index (χ0n) is 36.7. The van der Waals surface area contributed by atoms with Crippen LogP contribution in [-0.2, 0) is 39.7 Å². The average Bonchev–Trinajstić information content (AvgIpc) is 4.13. The van der Waals surface area contributed by atoms with Crippen LogP contribution in [0.4, 0.5) is 11.4 Å². The molecule has 0 aliphatic heterocycles. The molecule has 328 valence electrons. The Morgan fingerprint density at radius 1 is 0.565 bits per heavy atom. The summed E-state index contributed by atoms with van der Waals surface area (Å²) in [7, 11) is -14.8. The molecule has 11 rings (SSSR count). The minimum Gasteiger partial charge on any atom is -0.744 e. The summed E-state index contributed by atoms with van der Waals surface area (Å²) in [6.45, 7) is 1.80. The first-order valence-electron chi connectivity index (χ1n) is 18.9. The number of fused-ring (bicyclic) bond motifs is 12. The van der Waals surface area contributed by atoms with Crippen molar-refractivity contribution < 1.29 is 172 Å². The molecule has 0 spiro atoms. The molecule has 0 atom stereocenters. The quantitative estimate of drug-likeness (QED) is 0.0211. The van der Waals surface area contributed by atoms with Crippen molar-refractivity contribution >= 4 is 110 Å². The number of aromatic nitrogens is 6. The van der Waals surface area contributed by atoms with Crippen molar-refractivity contribution in [1.82, 2.24) is 28.1 Å². The summed E-state index contributed by atoms with van der Waals surface area (Å²) in [4.78, 5) is 2.53. The molecular weight excluding hydrogens is 1020 g/mol. The van der Waals surface area contributed by atoms with E-state index >= 15 is 0 Å². The number of benzene rings is 7. The zero-order valence-corrected chi connectivity index (χ0v) is 48.0. The third-order valence-corrected chi connectivity index (χ3v) is 14.3. The molecule has 0 saturated heterocycles. The van der Waals surface area contributed by atoms with Gasteiger partial charge in [-0.1, -0.05) is 60.7 Å². The van der Waals surface area contributed by atoms with Gasteiger partial charge in [0.05, 0.1) is 49.5 Å². The van der Waals surface area contributed by atoms with Gasteiger partial charge in [-0.25, -0.2) is 25.3 Å². The second kappa shape index (κ2) is 19.9. The maximum atomic E-state index is 12.6. The van der Waals surface area contributed by atoms with E-state index in [2.05, 4.69) is 19.6 Å². The summed E-state index contributed by atoms with van der Waals surface area (Å²) in [5, 5.41) is 25.4. The van der Waals surface area contributed by atoms with Crippen LogP contribution in [0.3, 0.4) is 0 Å². The van der Waals surface area contributed by atoms with Crippen LogP contribution in [0, 0.1) is 6.92 Å². The van der Waals surface area contributed by atoms with Crippen LogP contribution in [0.15, 0.2) is 145 Å². The van der Waals surface area contributed by atoms with Crippen LogP contribution in [-0.4, -0.2) is 67.0 Å². The molecule has 0 unspecified atom stereocenters. The molecule has 0 aliphatic carbocycles. The Hall–Kier alpha value is -2.84. The van der Waals surface area contributed by atoms with Crippen LogP contribution in [0.25, 0.3) is 67.1 Å². The van der Waals surface area contributed by atoms with Crippen molar-refractivity contribution in [3.05, 3.63) is 132 Å². The molecule has 28 heteroatoms. The van der Waals surface area contributed by atoms with E-state index in [0.717, 1.165) is 56.5 Å².